The fraction of sp³-hybridized carbons (Fsp3) is 0.692. The Labute approximate surface area is 177 Å². The van der Waals surface area contributed by atoms with Crippen LogP contribution in [0.15, 0.2) is 23.8 Å². The number of ether oxygens (including phenoxy) is 1. The first kappa shape index (κ1) is 22.2. The summed E-state index contributed by atoms with van der Waals surface area (Å²) in [4.78, 5) is 0. The van der Waals surface area contributed by atoms with E-state index in [1.807, 2.05) is 6.07 Å². The molecule has 3 heteroatoms. The molecule has 0 bridgehead atoms. The van der Waals surface area contributed by atoms with Crippen molar-refractivity contribution in [1.82, 2.24) is 0 Å². The minimum absolute atomic E-state index is 0.00576. The number of aliphatic hydroxyl groups excluding tert-OH is 1. The maximum absolute atomic E-state index is 11.0. The average Bonchev–Trinajstić information content (AvgIpc) is 2.66. The van der Waals surface area contributed by atoms with Gasteiger partial charge in [0.25, 0.3) is 0 Å². The molecule has 0 unspecified atom stereocenters. The largest absolute Gasteiger partial charge is 0.508 e. The number of allylic oxidation sites excluding steroid dienone is 1. The quantitative estimate of drug-likeness (QED) is 0.381. The monoisotopic (exact) mass is 400 g/mol. The van der Waals surface area contributed by atoms with Crippen molar-refractivity contribution in [3.8, 4) is 11.5 Å². The Balaban J connectivity index is 1.87. The van der Waals surface area contributed by atoms with Crippen LogP contribution in [0.4, 0.5) is 0 Å². The number of unbranched alkanes of at least 4 members (excludes halogenated alkanes) is 4. The van der Waals surface area contributed by atoms with Gasteiger partial charge in [-0.1, -0.05) is 59.0 Å². The summed E-state index contributed by atoms with van der Waals surface area (Å²) in [6, 6.07) is 4.15. The molecule has 3 rings (SSSR count). The predicted molar refractivity (Wildman–Crippen MR) is 120 cm³/mol. The summed E-state index contributed by atoms with van der Waals surface area (Å²) in [6.07, 6.45) is 11.3. The third kappa shape index (κ3) is 4.66. The van der Waals surface area contributed by atoms with Crippen molar-refractivity contribution in [1.29, 1.82) is 0 Å². The lowest BCUT2D eigenvalue weighted by Crippen LogP contribution is -2.45. The second-order valence-corrected chi connectivity index (χ2v) is 10.3. The Morgan fingerprint density at radius 1 is 1.14 bits per heavy atom. The Bertz CT molecular complexity index is 745. The lowest BCUT2D eigenvalue weighted by atomic mass is 9.66. The van der Waals surface area contributed by atoms with E-state index in [-0.39, 0.29) is 23.5 Å². The van der Waals surface area contributed by atoms with E-state index in [1.54, 1.807) is 0 Å². The van der Waals surface area contributed by atoms with Gasteiger partial charge in [0, 0.05) is 17.4 Å². The molecule has 1 aromatic rings. The van der Waals surface area contributed by atoms with Crippen molar-refractivity contribution in [3.05, 3.63) is 34.9 Å². The molecular weight excluding hydrogens is 360 g/mol. The summed E-state index contributed by atoms with van der Waals surface area (Å²) >= 11 is 0. The molecule has 0 saturated heterocycles. The van der Waals surface area contributed by atoms with Gasteiger partial charge in [0.1, 0.15) is 17.1 Å². The summed E-state index contributed by atoms with van der Waals surface area (Å²) in [6.45, 7) is 11.2. The predicted octanol–water partition coefficient (Wildman–Crippen LogP) is 6.61. The standard InChI is InChI=1S/C26H40O3/c1-6-7-8-9-10-13-25(2,3)19-15-22(28)24-20-14-18(17-27)11-12-21(20)26(4,5)29-23(24)16-19/h11,15-16,20-21,27-28H,6-10,12-14,17H2,1-5H3/t20-,21-/m1/s1. The topological polar surface area (TPSA) is 49.7 Å². The third-order valence-corrected chi connectivity index (χ3v) is 7.28. The first-order valence-electron chi connectivity index (χ1n) is 11.5. The molecule has 0 radical (unpaired) electrons. The van der Waals surface area contributed by atoms with Crippen LogP contribution in [0, 0.1) is 5.92 Å². The van der Waals surface area contributed by atoms with Crippen LogP contribution in [0.3, 0.4) is 0 Å². The fourth-order valence-corrected chi connectivity index (χ4v) is 5.30. The highest BCUT2D eigenvalue weighted by Crippen LogP contribution is 2.54. The summed E-state index contributed by atoms with van der Waals surface area (Å²) < 4.78 is 6.48. The lowest BCUT2D eigenvalue weighted by molar-refractivity contribution is 0.00662. The highest BCUT2D eigenvalue weighted by molar-refractivity contribution is 5.54. The van der Waals surface area contributed by atoms with Gasteiger partial charge >= 0.3 is 0 Å². The summed E-state index contributed by atoms with van der Waals surface area (Å²) in [7, 11) is 0. The van der Waals surface area contributed by atoms with Gasteiger partial charge in [-0.05, 0) is 61.8 Å². The number of aromatic hydroxyl groups is 1. The molecule has 0 amide bonds. The minimum atomic E-state index is -0.287. The van der Waals surface area contributed by atoms with Crippen molar-refractivity contribution >= 4 is 0 Å². The van der Waals surface area contributed by atoms with Crippen molar-refractivity contribution < 1.29 is 14.9 Å². The van der Waals surface area contributed by atoms with Crippen molar-refractivity contribution in [2.75, 3.05) is 6.61 Å². The molecule has 1 aliphatic carbocycles. The van der Waals surface area contributed by atoms with Crippen LogP contribution in [0.25, 0.3) is 0 Å². The SMILES string of the molecule is CCCCCCCC(C)(C)c1cc(O)c2c(c1)OC(C)(C)[C@@H]1CC=C(CO)C[C@@H]21. The van der Waals surface area contributed by atoms with E-state index >= 15 is 0 Å². The van der Waals surface area contributed by atoms with E-state index in [1.165, 1.54) is 32.1 Å². The Morgan fingerprint density at radius 2 is 1.86 bits per heavy atom. The second kappa shape index (κ2) is 8.71. The van der Waals surface area contributed by atoms with Gasteiger partial charge in [-0.15, -0.1) is 0 Å². The number of phenols is 1. The van der Waals surface area contributed by atoms with Gasteiger partial charge in [0.15, 0.2) is 0 Å². The number of phenolic OH excluding ortho intramolecular Hbond substituents is 1. The van der Waals surface area contributed by atoms with Crippen LogP contribution in [-0.4, -0.2) is 22.4 Å². The van der Waals surface area contributed by atoms with Gasteiger partial charge in [0.2, 0.25) is 0 Å². The molecule has 1 aliphatic heterocycles. The molecule has 162 valence electrons. The molecule has 0 fully saturated rings. The lowest BCUT2D eigenvalue weighted by Gasteiger charge is -2.47. The van der Waals surface area contributed by atoms with E-state index in [0.29, 0.717) is 11.7 Å². The Kier molecular flexibility index (Phi) is 6.67. The van der Waals surface area contributed by atoms with Crippen molar-refractivity contribution in [2.45, 2.75) is 103 Å². The first-order valence-corrected chi connectivity index (χ1v) is 11.5. The molecule has 3 nitrogen and oxygen atoms in total. The van der Waals surface area contributed by atoms with Gasteiger partial charge in [-0.2, -0.15) is 0 Å². The van der Waals surface area contributed by atoms with Crippen LogP contribution in [0.1, 0.15) is 103 Å². The third-order valence-electron chi connectivity index (χ3n) is 7.28. The summed E-state index contributed by atoms with van der Waals surface area (Å²) in [5.41, 5.74) is 2.89. The van der Waals surface area contributed by atoms with E-state index in [0.717, 1.165) is 41.7 Å². The zero-order valence-electron chi connectivity index (χ0n) is 19.1. The van der Waals surface area contributed by atoms with Crippen LogP contribution in [-0.2, 0) is 5.41 Å². The molecule has 1 heterocycles. The number of aliphatic hydroxyl groups is 1. The van der Waals surface area contributed by atoms with Crippen molar-refractivity contribution in [2.24, 2.45) is 5.92 Å². The van der Waals surface area contributed by atoms with Gasteiger partial charge in [-0.25, -0.2) is 0 Å². The molecule has 2 N–H and O–H groups in total. The van der Waals surface area contributed by atoms with Crippen molar-refractivity contribution in [3.63, 3.8) is 0 Å². The molecule has 0 spiro atoms. The Hall–Kier alpha value is -1.48. The second-order valence-electron chi connectivity index (χ2n) is 10.3. The molecule has 2 aliphatic rings. The Morgan fingerprint density at radius 3 is 2.55 bits per heavy atom. The van der Waals surface area contributed by atoms with E-state index < -0.39 is 0 Å². The van der Waals surface area contributed by atoms with Gasteiger partial charge in [-0.3, -0.25) is 0 Å². The first-order chi connectivity index (χ1) is 13.7. The molecule has 0 saturated carbocycles. The van der Waals surface area contributed by atoms with Gasteiger partial charge in [0.05, 0.1) is 6.61 Å². The summed E-state index contributed by atoms with van der Waals surface area (Å²) in [5, 5.41) is 20.7. The summed E-state index contributed by atoms with van der Waals surface area (Å²) in [5.74, 6) is 1.71. The van der Waals surface area contributed by atoms with Gasteiger partial charge < -0.3 is 14.9 Å². The number of hydrogen-bond acceptors (Lipinski definition) is 3. The molecule has 29 heavy (non-hydrogen) atoms. The van der Waals surface area contributed by atoms with E-state index in [4.69, 9.17) is 4.74 Å². The normalized spacial score (nSPS) is 23.0. The molecule has 2 atom stereocenters. The zero-order chi connectivity index (χ0) is 21.2. The van der Waals surface area contributed by atoms with Crippen LogP contribution in [0.5, 0.6) is 11.5 Å². The molecule has 1 aromatic carbocycles. The van der Waals surface area contributed by atoms with E-state index in [2.05, 4.69) is 46.8 Å². The average molecular weight is 401 g/mol. The van der Waals surface area contributed by atoms with Crippen LogP contribution in [0.2, 0.25) is 0 Å². The molecule has 0 aromatic heterocycles. The van der Waals surface area contributed by atoms with E-state index in [9.17, 15) is 10.2 Å². The van der Waals surface area contributed by atoms with Crippen LogP contribution < -0.4 is 4.74 Å². The number of fused-ring (bicyclic) bond motifs is 3. The smallest absolute Gasteiger partial charge is 0.127 e. The fourth-order valence-electron chi connectivity index (χ4n) is 5.30. The maximum Gasteiger partial charge on any atom is 0.127 e. The zero-order valence-corrected chi connectivity index (χ0v) is 19.1. The number of rotatable bonds is 8. The molecular formula is C26H40O3. The maximum atomic E-state index is 11.0. The minimum Gasteiger partial charge on any atom is -0.508 e. The number of benzene rings is 1. The highest BCUT2D eigenvalue weighted by atomic mass is 16.5. The highest BCUT2D eigenvalue weighted by Gasteiger charge is 2.46. The number of hydrogen-bond donors (Lipinski definition) is 2. The van der Waals surface area contributed by atoms with Crippen LogP contribution >= 0.6 is 0 Å².